The number of carbonyl (C=O) groups is 3. The maximum Gasteiger partial charge on any atom is 0.254 e. The minimum Gasteiger partial charge on any atom is -0.378 e. The van der Waals surface area contributed by atoms with Crippen LogP contribution in [0.5, 0.6) is 0 Å². The van der Waals surface area contributed by atoms with E-state index in [9.17, 15) is 23.2 Å². The minimum absolute atomic E-state index is 0.0491. The van der Waals surface area contributed by atoms with Crippen LogP contribution in [0.4, 0.5) is 14.5 Å². The van der Waals surface area contributed by atoms with Crippen molar-refractivity contribution in [1.82, 2.24) is 45.9 Å². The molecular formula is C61H58F2N10O3. The lowest BCUT2D eigenvalue weighted by Gasteiger charge is -2.22. The van der Waals surface area contributed by atoms with E-state index in [1.54, 1.807) is 49.3 Å². The summed E-state index contributed by atoms with van der Waals surface area (Å²) in [6, 6.07) is 27.4. The van der Waals surface area contributed by atoms with Gasteiger partial charge in [0.25, 0.3) is 17.7 Å². The van der Waals surface area contributed by atoms with E-state index in [4.69, 9.17) is 6.42 Å². The standard InChI is InChI=1S/2C21H20FN3O.C19H18N4O/c2*22-16-3-1-2-13(8-16)15-9-17-18(11-24-20(17)23-10-15)21(26)25-19-7-12-4-5-14(19)6-12;1-4-9-20-19(24)17-12-22-18-16(17)10-14(11-21-18)13-5-7-15(8-6-13)23(2)3/h2*1-3,8-12,14,19H,4-7H2,(H,23,24)(H,25,26);1,5-8,10-12H,9H2,2-3H3,(H,20,24)(H,21,22). The van der Waals surface area contributed by atoms with Crippen LogP contribution < -0.4 is 20.9 Å². The van der Waals surface area contributed by atoms with Crippen molar-refractivity contribution in [2.24, 2.45) is 23.7 Å². The van der Waals surface area contributed by atoms with Crippen LogP contribution in [-0.4, -0.2) is 80.3 Å². The lowest BCUT2D eigenvalue weighted by Crippen LogP contribution is -2.38. The second-order valence-electron chi connectivity index (χ2n) is 20.8. The zero-order valence-corrected chi connectivity index (χ0v) is 42.3. The van der Waals surface area contributed by atoms with Crippen LogP contribution in [0.15, 0.2) is 128 Å². The number of benzene rings is 3. The summed E-state index contributed by atoms with van der Waals surface area (Å²) in [4.78, 5) is 62.3. The normalized spacial score (nSPS) is 19.9. The van der Waals surface area contributed by atoms with Crippen molar-refractivity contribution in [3.05, 3.63) is 157 Å². The number of aromatic amines is 3. The molecule has 0 saturated heterocycles. The van der Waals surface area contributed by atoms with Gasteiger partial charge in [0, 0.05) is 102 Å². The molecule has 13 nitrogen and oxygen atoms in total. The number of hydrogen-bond acceptors (Lipinski definition) is 7. The fraction of sp³-hybridized carbons (Fsp3) is 0.279. The van der Waals surface area contributed by atoms with E-state index in [1.807, 2.05) is 61.5 Å². The van der Waals surface area contributed by atoms with Crippen LogP contribution in [0, 0.1) is 47.6 Å². The molecule has 6 heterocycles. The number of nitrogens with zero attached hydrogens (tertiary/aromatic N) is 4. The molecule has 0 aliphatic heterocycles. The third-order valence-corrected chi connectivity index (χ3v) is 15.8. The molecule has 0 spiro atoms. The predicted octanol–water partition coefficient (Wildman–Crippen LogP) is 11.2. The number of pyridine rings is 3. The lowest BCUT2D eigenvalue weighted by atomic mass is 9.95. The molecule has 15 heteroatoms. The van der Waals surface area contributed by atoms with E-state index >= 15 is 0 Å². The van der Waals surface area contributed by atoms with E-state index in [1.165, 1.54) is 62.8 Å². The molecule has 384 valence electrons. The van der Waals surface area contributed by atoms with E-state index in [-0.39, 0.29) is 35.9 Å². The fourth-order valence-corrected chi connectivity index (χ4v) is 11.9. The Hall–Kier alpha value is -8.64. The molecule has 0 radical (unpaired) electrons. The molecule has 6 unspecified atom stereocenters. The molecule has 3 amide bonds. The number of fused-ring (bicyclic) bond motifs is 7. The summed E-state index contributed by atoms with van der Waals surface area (Å²) < 4.78 is 27.0. The second kappa shape index (κ2) is 21.3. The number of carbonyl (C=O) groups excluding carboxylic acids is 3. The lowest BCUT2D eigenvalue weighted by molar-refractivity contribution is 0.0916. The monoisotopic (exact) mass is 1020 g/mol. The fourth-order valence-electron chi connectivity index (χ4n) is 11.9. The van der Waals surface area contributed by atoms with E-state index < -0.39 is 0 Å². The summed E-state index contributed by atoms with van der Waals surface area (Å²) in [5, 5.41) is 11.4. The highest BCUT2D eigenvalue weighted by atomic mass is 19.1. The van der Waals surface area contributed by atoms with Crippen LogP contribution in [0.1, 0.15) is 82.4 Å². The molecule has 76 heavy (non-hydrogen) atoms. The van der Waals surface area contributed by atoms with E-state index in [0.29, 0.717) is 57.6 Å². The quantitative estimate of drug-likeness (QED) is 0.0739. The number of nitrogens with one attached hydrogen (secondary N) is 6. The zero-order valence-electron chi connectivity index (χ0n) is 42.3. The first-order valence-electron chi connectivity index (χ1n) is 26.0. The number of rotatable bonds is 10. The highest BCUT2D eigenvalue weighted by Crippen LogP contribution is 2.45. The number of anilines is 1. The third-order valence-electron chi connectivity index (χ3n) is 15.8. The molecule has 9 aromatic rings. The molecule has 6 aromatic heterocycles. The summed E-state index contributed by atoms with van der Waals surface area (Å²) in [6.07, 6.45) is 25.3. The van der Waals surface area contributed by atoms with Gasteiger partial charge in [-0.05, 0) is 133 Å². The maximum absolute atomic E-state index is 13.5. The summed E-state index contributed by atoms with van der Waals surface area (Å²) in [6.45, 7) is 0.199. The molecule has 4 aliphatic rings. The number of amides is 3. The highest BCUT2D eigenvalue weighted by Gasteiger charge is 2.41. The minimum atomic E-state index is -0.286. The Morgan fingerprint density at radius 2 is 1.00 bits per heavy atom. The Kier molecular flexibility index (Phi) is 13.9. The van der Waals surface area contributed by atoms with Gasteiger partial charge >= 0.3 is 0 Å². The van der Waals surface area contributed by atoms with Crippen molar-refractivity contribution >= 4 is 56.5 Å². The molecule has 6 atom stereocenters. The number of hydrogen-bond donors (Lipinski definition) is 6. The first-order valence-corrected chi connectivity index (χ1v) is 26.0. The highest BCUT2D eigenvalue weighted by molar-refractivity contribution is 6.08. The van der Waals surface area contributed by atoms with Crippen molar-refractivity contribution in [3.8, 4) is 45.7 Å². The first kappa shape index (κ1) is 49.6. The van der Waals surface area contributed by atoms with Crippen LogP contribution >= 0.6 is 0 Å². The van der Waals surface area contributed by atoms with Crippen LogP contribution in [0.2, 0.25) is 0 Å². The van der Waals surface area contributed by atoms with Gasteiger partial charge in [-0.3, -0.25) is 14.4 Å². The SMILES string of the molecule is C#CCNC(=O)c1c[nH]c2ncc(-c3ccc(N(C)C)cc3)cc12.O=C(NC1CC2CCC1C2)c1c[nH]c2ncc(-c3cccc(F)c3)cc12.O=C(NC1CC2CCC1C2)c1c[nH]c2ncc(-c3cccc(F)c3)cc12. The largest absolute Gasteiger partial charge is 0.378 e. The summed E-state index contributed by atoms with van der Waals surface area (Å²) in [5.41, 5.74) is 9.99. The summed E-state index contributed by atoms with van der Waals surface area (Å²) >= 11 is 0. The van der Waals surface area contributed by atoms with Crippen molar-refractivity contribution in [3.63, 3.8) is 0 Å². The Bertz CT molecular complexity index is 3510. The predicted molar refractivity (Wildman–Crippen MR) is 293 cm³/mol. The second-order valence-corrected chi connectivity index (χ2v) is 20.8. The van der Waals surface area contributed by atoms with Crippen molar-refractivity contribution < 1.29 is 23.2 Å². The average Bonchev–Trinajstić information content (AvgIpc) is 4.33. The molecule has 4 bridgehead atoms. The molecular weight excluding hydrogens is 959 g/mol. The number of aromatic nitrogens is 6. The van der Waals surface area contributed by atoms with Crippen LogP contribution in [-0.2, 0) is 0 Å². The maximum atomic E-state index is 13.5. The van der Waals surface area contributed by atoms with Gasteiger partial charge in [0.2, 0.25) is 0 Å². The molecule has 4 saturated carbocycles. The van der Waals surface area contributed by atoms with Gasteiger partial charge < -0.3 is 35.8 Å². The van der Waals surface area contributed by atoms with Gasteiger partial charge in [0.15, 0.2) is 0 Å². The number of halogens is 2. The topological polar surface area (TPSA) is 177 Å². The zero-order chi connectivity index (χ0) is 52.5. The van der Waals surface area contributed by atoms with Crippen molar-refractivity contribution in [2.75, 3.05) is 25.5 Å². The van der Waals surface area contributed by atoms with Gasteiger partial charge in [-0.2, -0.15) is 0 Å². The van der Waals surface area contributed by atoms with E-state index in [0.717, 1.165) is 79.9 Å². The number of H-pyrrole nitrogens is 3. The first-order chi connectivity index (χ1) is 36.9. The smallest absolute Gasteiger partial charge is 0.254 e. The van der Waals surface area contributed by atoms with Gasteiger partial charge in [-0.25, -0.2) is 23.7 Å². The van der Waals surface area contributed by atoms with E-state index in [2.05, 4.69) is 63.9 Å². The number of terminal acetylenes is 1. The molecule has 4 aliphatic carbocycles. The van der Waals surface area contributed by atoms with Crippen molar-refractivity contribution in [1.29, 1.82) is 0 Å². The third kappa shape index (κ3) is 10.4. The summed E-state index contributed by atoms with van der Waals surface area (Å²) in [7, 11) is 4.01. The molecule has 4 fully saturated rings. The van der Waals surface area contributed by atoms with Gasteiger partial charge in [0.05, 0.1) is 23.2 Å². The van der Waals surface area contributed by atoms with Gasteiger partial charge in [-0.15, -0.1) is 6.42 Å². The van der Waals surface area contributed by atoms with Crippen molar-refractivity contribution in [2.45, 2.75) is 63.5 Å². The van der Waals surface area contributed by atoms with Gasteiger partial charge in [0.1, 0.15) is 28.6 Å². The Morgan fingerprint density at radius 3 is 1.38 bits per heavy atom. The Labute approximate surface area is 438 Å². The Morgan fingerprint density at radius 1 is 0.566 bits per heavy atom. The molecule has 13 rings (SSSR count). The van der Waals surface area contributed by atoms with Crippen LogP contribution in [0.3, 0.4) is 0 Å². The molecule has 6 N–H and O–H groups in total. The van der Waals surface area contributed by atoms with Gasteiger partial charge in [-0.1, -0.05) is 55.2 Å². The Balaban J connectivity index is 0.000000122. The average molecular weight is 1020 g/mol. The molecule has 3 aromatic carbocycles. The summed E-state index contributed by atoms with van der Waals surface area (Å²) in [5.74, 6) is 4.36. The van der Waals surface area contributed by atoms with Crippen LogP contribution in [0.25, 0.3) is 66.5 Å².